The topological polar surface area (TPSA) is 46.5 Å². The smallest absolute Gasteiger partial charge is 0.309 e. The fourth-order valence-electron chi connectivity index (χ4n) is 5.58. The molecule has 1 saturated heterocycles. The van der Waals surface area contributed by atoms with Crippen molar-refractivity contribution in [3.63, 3.8) is 0 Å². The average Bonchev–Trinajstić information content (AvgIpc) is 2.48. The van der Waals surface area contributed by atoms with Crippen LogP contribution in [0.25, 0.3) is 0 Å². The van der Waals surface area contributed by atoms with E-state index in [9.17, 15) is 9.90 Å². The van der Waals surface area contributed by atoms with Crippen molar-refractivity contribution >= 4 is 5.97 Å². The number of rotatable bonds is 0. The van der Waals surface area contributed by atoms with Crippen LogP contribution in [0.1, 0.15) is 66.2 Å². The first kappa shape index (κ1) is 13.4. The molecule has 3 rings (SSSR count). The maximum absolute atomic E-state index is 11.8. The maximum Gasteiger partial charge on any atom is 0.309 e. The van der Waals surface area contributed by atoms with E-state index in [4.69, 9.17) is 4.74 Å². The van der Waals surface area contributed by atoms with Gasteiger partial charge in [0.25, 0.3) is 0 Å². The van der Waals surface area contributed by atoms with Crippen LogP contribution in [0.5, 0.6) is 0 Å². The Labute approximate surface area is 115 Å². The van der Waals surface area contributed by atoms with Crippen LogP contribution in [0, 0.1) is 16.7 Å². The molecule has 1 aliphatic heterocycles. The number of fused-ring (bicyclic) bond motifs is 3. The normalized spacial score (nSPS) is 52.3. The van der Waals surface area contributed by atoms with Gasteiger partial charge in [-0.25, -0.2) is 0 Å². The SMILES string of the molecule is CC1(C)CCC[C@@]2(C)[C@H]1CC[C@@]1(C)OC(=O)CC12O. The van der Waals surface area contributed by atoms with E-state index >= 15 is 0 Å². The first-order chi connectivity index (χ1) is 8.65. The van der Waals surface area contributed by atoms with Gasteiger partial charge in [-0.1, -0.05) is 27.2 Å². The minimum Gasteiger partial charge on any atom is -0.456 e. The molecule has 1 N–H and O–H groups in total. The molecule has 19 heavy (non-hydrogen) atoms. The van der Waals surface area contributed by atoms with Gasteiger partial charge in [0.15, 0.2) is 0 Å². The lowest BCUT2D eigenvalue weighted by atomic mass is 9.44. The number of carbonyl (C=O) groups is 1. The second-order valence-corrected chi connectivity index (χ2v) is 8.09. The summed E-state index contributed by atoms with van der Waals surface area (Å²) < 4.78 is 5.55. The molecule has 0 amide bonds. The van der Waals surface area contributed by atoms with Crippen LogP contribution in [0.2, 0.25) is 0 Å². The summed E-state index contributed by atoms with van der Waals surface area (Å²) in [6.07, 6.45) is 5.37. The zero-order valence-electron chi connectivity index (χ0n) is 12.6. The van der Waals surface area contributed by atoms with Crippen LogP contribution >= 0.6 is 0 Å². The van der Waals surface area contributed by atoms with E-state index in [2.05, 4.69) is 20.8 Å². The molecule has 3 fully saturated rings. The van der Waals surface area contributed by atoms with Gasteiger partial charge in [0.2, 0.25) is 0 Å². The Morgan fingerprint density at radius 3 is 2.53 bits per heavy atom. The third kappa shape index (κ3) is 1.45. The van der Waals surface area contributed by atoms with Gasteiger partial charge >= 0.3 is 5.97 Å². The van der Waals surface area contributed by atoms with E-state index in [1.807, 2.05) is 6.92 Å². The van der Waals surface area contributed by atoms with Gasteiger partial charge in [-0.2, -0.15) is 0 Å². The zero-order valence-corrected chi connectivity index (χ0v) is 12.6. The third-order valence-electron chi connectivity index (χ3n) is 6.70. The molecular weight excluding hydrogens is 240 g/mol. The summed E-state index contributed by atoms with van der Waals surface area (Å²) in [5.41, 5.74) is -1.62. The molecule has 0 aromatic carbocycles. The summed E-state index contributed by atoms with van der Waals surface area (Å²) in [7, 11) is 0. The van der Waals surface area contributed by atoms with Crippen molar-refractivity contribution in [3.8, 4) is 0 Å². The van der Waals surface area contributed by atoms with Gasteiger partial charge in [-0.3, -0.25) is 4.79 Å². The summed E-state index contributed by atoms with van der Waals surface area (Å²) in [4.78, 5) is 11.8. The molecule has 2 aliphatic carbocycles. The van der Waals surface area contributed by atoms with Crippen molar-refractivity contribution in [1.82, 2.24) is 0 Å². The number of aliphatic hydroxyl groups is 1. The van der Waals surface area contributed by atoms with E-state index in [-0.39, 0.29) is 23.2 Å². The van der Waals surface area contributed by atoms with E-state index in [0.717, 1.165) is 25.7 Å². The van der Waals surface area contributed by atoms with Gasteiger partial charge < -0.3 is 9.84 Å². The quantitative estimate of drug-likeness (QED) is 0.685. The monoisotopic (exact) mass is 266 g/mol. The predicted molar refractivity (Wildman–Crippen MR) is 72.5 cm³/mol. The van der Waals surface area contributed by atoms with Crippen LogP contribution in [-0.2, 0) is 9.53 Å². The first-order valence-electron chi connectivity index (χ1n) is 7.59. The van der Waals surface area contributed by atoms with Gasteiger partial charge in [0, 0.05) is 5.41 Å². The fourth-order valence-corrected chi connectivity index (χ4v) is 5.58. The number of esters is 1. The van der Waals surface area contributed by atoms with Gasteiger partial charge in [-0.05, 0) is 43.9 Å². The molecule has 1 heterocycles. The lowest BCUT2D eigenvalue weighted by Gasteiger charge is -2.63. The lowest BCUT2D eigenvalue weighted by molar-refractivity contribution is -0.245. The second kappa shape index (κ2) is 3.55. The van der Waals surface area contributed by atoms with Crippen molar-refractivity contribution in [1.29, 1.82) is 0 Å². The van der Waals surface area contributed by atoms with Crippen LogP contribution in [0.15, 0.2) is 0 Å². The number of ether oxygens (including phenoxy) is 1. The highest BCUT2D eigenvalue weighted by molar-refractivity contribution is 5.75. The fraction of sp³-hybridized carbons (Fsp3) is 0.938. The summed E-state index contributed by atoms with van der Waals surface area (Å²) >= 11 is 0. The third-order valence-corrected chi connectivity index (χ3v) is 6.70. The Balaban J connectivity index is 2.09. The van der Waals surface area contributed by atoms with Gasteiger partial charge in [0.05, 0.1) is 6.42 Å². The summed E-state index contributed by atoms with van der Waals surface area (Å²) in [6, 6.07) is 0. The minimum absolute atomic E-state index is 0.173. The molecule has 2 saturated carbocycles. The Kier molecular flexibility index (Phi) is 2.50. The molecule has 3 heteroatoms. The average molecular weight is 266 g/mol. The molecule has 0 aromatic heterocycles. The maximum atomic E-state index is 11.8. The number of hydrogen-bond donors (Lipinski definition) is 1. The molecule has 3 nitrogen and oxygen atoms in total. The highest BCUT2D eigenvalue weighted by Gasteiger charge is 2.71. The number of carbonyl (C=O) groups excluding carboxylic acids is 1. The van der Waals surface area contributed by atoms with Crippen molar-refractivity contribution in [3.05, 3.63) is 0 Å². The van der Waals surface area contributed by atoms with Crippen molar-refractivity contribution in [2.24, 2.45) is 16.7 Å². The molecule has 3 aliphatic rings. The summed E-state index contributed by atoms with van der Waals surface area (Å²) in [5.74, 6) is 0.247. The zero-order chi connectivity index (χ0) is 14.1. The van der Waals surface area contributed by atoms with Crippen LogP contribution in [0.3, 0.4) is 0 Å². The Bertz CT molecular complexity index is 430. The molecule has 0 spiro atoms. The van der Waals surface area contributed by atoms with Gasteiger partial charge in [0.1, 0.15) is 11.2 Å². The molecule has 4 atom stereocenters. The highest BCUT2D eigenvalue weighted by atomic mass is 16.6. The van der Waals surface area contributed by atoms with Crippen molar-refractivity contribution < 1.29 is 14.6 Å². The molecule has 108 valence electrons. The Hall–Kier alpha value is -0.570. The molecular formula is C16H26O3. The standard InChI is InChI=1S/C16H26O3/c1-13(2)7-5-8-14(3)11(13)6-9-15(4)16(14,18)10-12(17)19-15/h11,18H,5-10H2,1-4H3/t11-,14-,15+,16?/m0/s1. The molecule has 0 aromatic rings. The van der Waals surface area contributed by atoms with E-state index in [0.29, 0.717) is 5.92 Å². The van der Waals surface area contributed by atoms with Crippen LogP contribution in [0.4, 0.5) is 0 Å². The van der Waals surface area contributed by atoms with Gasteiger partial charge in [-0.15, -0.1) is 0 Å². The largest absolute Gasteiger partial charge is 0.456 e. The summed E-state index contributed by atoms with van der Waals surface area (Å²) in [6.45, 7) is 8.76. The van der Waals surface area contributed by atoms with E-state index in [1.54, 1.807) is 0 Å². The molecule has 1 unspecified atom stereocenters. The Morgan fingerprint density at radius 2 is 1.84 bits per heavy atom. The molecule has 0 bridgehead atoms. The minimum atomic E-state index is -0.988. The van der Waals surface area contributed by atoms with Crippen molar-refractivity contribution in [2.45, 2.75) is 77.4 Å². The van der Waals surface area contributed by atoms with E-state index in [1.165, 1.54) is 6.42 Å². The highest BCUT2D eigenvalue weighted by Crippen LogP contribution is 2.66. The second-order valence-electron chi connectivity index (χ2n) is 8.09. The Morgan fingerprint density at radius 1 is 1.16 bits per heavy atom. The lowest BCUT2D eigenvalue weighted by Crippen LogP contribution is -2.67. The van der Waals surface area contributed by atoms with Crippen molar-refractivity contribution in [2.75, 3.05) is 0 Å². The first-order valence-corrected chi connectivity index (χ1v) is 7.59. The van der Waals surface area contributed by atoms with E-state index < -0.39 is 11.2 Å². The van der Waals surface area contributed by atoms with Crippen LogP contribution in [-0.4, -0.2) is 22.3 Å². The molecule has 0 radical (unpaired) electrons. The summed E-state index contributed by atoms with van der Waals surface area (Å²) in [5, 5.41) is 11.4. The number of hydrogen-bond acceptors (Lipinski definition) is 3. The predicted octanol–water partition coefficient (Wildman–Crippen LogP) is 3.05. The van der Waals surface area contributed by atoms with Crippen LogP contribution < -0.4 is 0 Å².